The Kier molecular flexibility index (Phi) is 15.8. The first-order chi connectivity index (χ1) is 30.7. The highest BCUT2D eigenvalue weighted by atomic mass is 32.2. The first-order valence-corrected chi connectivity index (χ1v) is 24.7. The molecule has 2 saturated heterocycles. The molecular formula is C51H51N3O6P2S. The first kappa shape index (κ1) is 45.2. The van der Waals surface area contributed by atoms with Gasteiger partial charge in [-0.15, -0.1) is 0 Å². The van der Waals surface area contributed by atoms with E-state index in [1.165, 1.54) is 24.8 Å². The molecule has 0 spiro atoms. The number of fused-ring (bicyclic) bond motifs is 1. The number of amides is 3. The van der Waals surface area contributed by atoms with Gasteiger partial charge in [0.15, 0.2) is 0 Å². The minimum absolute atomic E-state index is 0.0525. The third kappa shape index (κ3) is 11.4. The van der Waals surface area contributed by atoms with Crippen molar-refractivity contribution in [3.63, 3.8) is 0 Å². The van der Waals surface area contributed by atoms with Gasteiger partial charge in [0.05, 0.1) is 37.4 Å². The van der Waals surface area contributed by atoms with Crippen molar-refractivity contribution in [2.75, 3.05) is 25.3 Å². The van der Waals surface area contributed by atoms with Gasteiger partial charge in [0, 0.05) is 28.4 Å². The van der Waals surface area contributed by atoms with Gasteiger partial charge in [-0.25, -0.2) is 14.4 Å². The smallest absolute Gasteiger partial charge is 0.338 e. The SMILES string of the molecule is COC(=O)c1ccc(C)cc1P(c1ccccc1)c1ccccc1.COC(=O)c1ccc(NC(=O)CCCC[C@H]2SCC3NC(=O)NC32)cc1P(c1ccccc1)c1ccccc1. The first-order valence-electron chi connectivity index (χ1n) is 20.9. The van der Waals surface area contributed by atoms with E-state index >= 15 is 0 Å². The number of benzene rings is 6. The Morgan fingerprint density at radius 2 is 1.11 bits per heavy atom. The molecule has 0 bridgehead atoms. The maximum atomic E-state index is 12.9. The Morgan fingerprint density at radius 1 is 0.635 bits per heavy atom. The van der Waals surface area contributed by atoms with E-state index in [9.17, 15) is 19.2 Å². The Morgan fingerprint density at radius 3 is 1.60 bits per heavy atom. The maximum absolute atomic E-state index is 12.9. The van der Waals surface area contributed by atoms with Crippen LogP contribution in [0.2, 0.25) is 0 Å². The number of hydrogen-bond donors (Lipinski definition) is 3. The molecule has 3 atom stereocenters. The van der Waals surface area contributed by atoms with Crippen LogP contribution in [0.25, 0.3) is 0 Å². The number of unbranched alkanes of at least 4 members (excludes halogenated alkanes) is 1. The molecule has 322 valence electrons. The predicted molar refractivity (Wildman–Crippen MR) is 260 cm³/mol. The van der Waals surface area contributed by atoms with Gasteiger partial charge in [0.25, 0.3) is 0 Å². The standard InChI is InChI=1S/C30H32N3O4PS.C21H19O2P/c1-37-29(35)23-17-16-20(18-25(23)38(21-10-4-2-5-11-21)22-12-6-3-7-13-22)31-27(34)15-9-8-14-26-28-24(19-39-26)32-30(36)33-28;1-16-13-14-19(21(22)23-2)20(15-16)24(17-9-5-3-6-10-17)18-11-7-4-8-12-18/h2-7,10-13,16-18,24,26,28H,8-9,14-15,19H2,1H3,(H,31,34)(H2,32,33,36);3-15H,1-2H3/t24?,26-,28?;/m1./s1. The highest BCUT2D eigenvalue weighted by Crippen LogP contribution is 2.37. The summed E-state index contributed by atoms with van der Waals surface area (Å²) in [4.78, 5) is 49.5. The average Bonchev–Trinajstić information content (AvgIpc) is 3.88. The largest absolute Gasteiger partial charge is 0.465 e. The quantitative estimate of drug-likeness (QED) is 0.0450. The lowest BCUT2D eigenvalue weighted by molar-refractivity contribution is -0.116. The average molecular weight is 896 g/mol. The summed E-state index contributed by atoms with van der Waals surface area (Å²) in [7, 11) is 0.931. The van der Waals surface area contributed by atoms with Crippen molar-refractivity contribution in [3.8, 4) is 0 Å². The fraction of sp³-hybridized carbons (Fsp3) is 0.216. The van der Waals surface area contributed by atoms with E-state index in [4.69, 9.17) is 9.47 Å². The van der Waals surface area contributed by atoms with Crippen molar-refractivity contribution < 1.29 is 28.7 Å². The Labute approximate surface area is 376 Å². The molecule has 12 heteroatoms. The van der Waals surface area contributed by atoms with Crippen LogP contribution < -0.4 is 47.8 Å². The molecule has 0 radical (unpaired) electrons. The lowest BCUT2D eigenvalue weighted by Crippen LogP contribution is -2.36. The molecule has 0 saturated carbocycles. The Balaban J connectivity index is 0.000000212. The predicted octanol–water partition coefficient (Wildman–Crippen LogP) is 7.44. The van der Waals surface area contributed by atoms with Gasteiger partial charge >= 0.3 is 18.0 Å². The number of ether oxygens (including phenoxy) is 2. The van der Waals surface area contributed by atoms with E-state index in [1.54, 1.807) is 12.1 Å². The van der Waals surface area contributed by atoms with Gasteiger partial charge in [-0.05, 0) is 86.4 Å². The van der Waals surface area contributed by atoms with Gasteiger partial charge < -0.3 is 25.4 Å². The molecule has 0 aromatic heterocycles. The molecule has 3 amide bonds. The zero-order valence-electron chi connectivity index (χ0n) is 35.5. The van der Waals surface area contributed by atoms with Crippen LogP contribution in [0.5, 0.6) is 0 Å². The van der Waals surface area contributed by atoms with Gasteiger partial charge in [-0.2, -0.15) is 11.8 Å². The summed E-state index contributed by atoms with van der Waals surface area (Å²) in [5, 5.41) is 15.9. The molecule has 2 aliphatic heterocycles. The molecule has 9 nitrogen and oxygen atoms in total. The summed E-state index contributed by atoms with van der Waals surface area (Å²) < 4.78 is 10.1. The van der Waals surface area contributed by atoms with Crippen molar-refractivity contribution in [2.24, 2.45) is 0 Å². The summed E-state index contributed by atoms with van der Waals surface area (Å²) in [5.41, 5.74) is 2.94. The van der Waals surface area contributed by atoms with Crippen LogP contribution in [0.1, 0.15) is 52.0 Å². The van der Waals surface area contributed by atoms with Crippen molar-refractivity contribution in [2.45, 2.75) is 49.9 Å². The topological polar surface area (TPSA) is 123 Å². The van der Waals surface area contributed by atoms with Crippen LogP contribution in [-0.4, -0.2) is 61.2 Å². The minimum Gasteiger partial charge on any atom is -0.465 e. The van der Waals surface area contributed by atoms with Crippen LogP contribution in [-0.2, 0) is 14.3 Å². The van der Waals surface area contributed by atoms with Crippen LogP contribution in [0.15, 0.2) is 158 Å². The Bertz CT molecular complexity index is 2420. The number of anilines is 1. The van der Waals surface area contributed by atoms with Crippen LogP contribution in [0.3, 0.4) is 0 Å². The van der Waals surface area contributed by atoms with E-state index < -0.39 is 21.8 Å². The van der Waals surface area contributed by atoms with Gasteiger partial charge in [0.1, 0.15) is 0 Å². The van der Waals surface area contributed by atoms with E-state index in [2.05, 4.69) is 70.5 Å². The second kappa shape index (κ2) is 22.0. The molecule has 2 fully saturated rings. The van der Waals surface area contributed by atoms with E-state index in [0.717, 1.165) is 51.8 Å². The fourth-order valence-corrected chi connectivity index (χ4v) is 14.4. The second-order valence-corrected chi connectivity index (χ2v) is 20.8. The van der Waals surface area contributed by atoms with Crippen LogP contribution in [0.4, 0.5) is 10.5 Å². The summed E-state index contributed by atoms with van der Waals surface area (Å²) >= 11 is 1.89. The number of thioether (sulfide) groups is 1. The van der Waals surface area contributed by atoms with Crippen LogP contribution in [0, 0.1) is 6.92 Å². The van der Waals surface area contributed by atoms with Crippen molar-refractivity contribution in [3.05, 3.63) is 174 Å². The lowest BCUT2D eigenvalue weighted by atomic mass is 10.0. The number of methoxy groups -OCH3 is 2. The van der Waals surface area contributed by atoms with Crippen molar-refractivity contribution >= 4 is 89.0 Å². The summed E-state index contributed by atoms with van der Waals surface area (Å²) in [5.74, 6) is 0.197. The fourth-order valence-electron chi connectivity index (χ4n) is 7.85. The third-order valence-electron chi connectivity index (χ3n) is 10.9. The zero-order chi connectivity index (χ0) is 44.1. The molecule has 2 heterocycles. The van der Waals surface area contributed by atoms with Crippen molar-refractivity contribution in [1.82, 2.24) is 10.6 Å². The molecule has 6 aromatic rings. The normalized spacial score (nSPS) is 16.3. The van der Waals surface area contributed by atoms with E-state index in [0.29, 0.717) is 28.5 Å². The number of carbonyl (C=O) groups is 4. The zero-order valence-corrected chi connectivity index (χ0v) is 38.1. The van der Waals surface area contributed by atoms with Crippen LogP contribution >= 0.6 is 27.6 Å². The number of urea groups is 1. The molecule has 6 aromatic carbocycles. The monoisotopic (exact) mass is 895 g/mol. The molecule has 2 aliphatic rings. The number of nitrogens with one attached hydrogen (secondary N) is 3. The lowest BCUT2D eigenvalue weighted by Gasteiger charge is -2.22. The van der Waals surface area contributed by atoms with Gasteiger partial charge in [-0.3, -0.25) is 4.79 Å². The number of rotatable bonds is 14. The highest BCUT2D eigenvalue weighted by molar-refractivity contribution is 8.00. The van der Waals surface area contributed by atoms with Gasteiger partial charge in [0.2, 0.25) is 5.91 Å². The number of carbonyl (C=O) groups excluding carboxylic acids is 4. The summed E-state index contributed by atoms with van der Waals surface area (Å²) in [6, 6.07) is 52.6. The molecule has 8 rings (SSSR count). The van der Waals surface area contributed by atoms with E-state index in [1.807, 2.05) is 110 Å². The molecule has 63 heavy (non-hydrogen) atoms. The van der Waals surface area contributed by atoms with E-state index in [-0.39, 0.29) is 30.0 Å². The minimum atomic E-state index is -1.06. The Hall–Kier alpha value is -5.79. The number of hydrogen-bond acceptors (Lipinski definition) is 7. The van der Waals surface area contributed by atoms with Gasteiger partial charge in [-0.1, -0.05) is 145 Å². The summed E-state index contributed by atoms with van der Waals surface area (Å²) in [6.07, 6.45) is 3.08. The molecule has 0 aliphatic carbocycles. The number of esters is 2. The second-order valence-electron chi connectivity index (χ2n) is 15.2. The third-order valence-corrected chi connectivity index (χ3v) is 17.3. The molecule has 2 unspecified atom stereocenters. The maximum Gasteiger partial charge on any atom is 0.338 e. The molecule has 3 N–H and O–H groups in total. The molecular weight excluding hydrogens is 845 g/mol. The van der Waals surface area contributed by atoms with Crippen molar-refractivity contribution in [1.29, 1.82) is 0 Å². The number of aryl methyl sites for hydroxylation is 1. The highest BCUT2D eigenvalue weighted by Gasteiger charge is 2.42. The summed E-state index contributed by atoms with van der Waals surface area (Å²) in [6.45, 7) is 2.05.